The van der Waals surface area contributed by atoms with Crippen LogP contribution in [0, 0.1) is 0 Å². The van der Waals surface area contributed by atoms with Crippen molar-refractivity contribution in [1.29, 1.82) is 0 Å². The molecule has 5 nitrogen and oxygen atoms in total. The Morgan fingerprint density at radius 3 is 2.67 bits per heavy atom. The quantitative estimate of drug-likeness (QED) is 0.912. The van der Waals surface area contributed by atoms with Gasteiger partial charge in [-0.15, -0.1) is 0 Å². The number of rotatable bonds is 2. The first-order valence-corrected chi connectivity index (χ1v) is 6.93. The minimum absolute atomic E-state index is 0.0437. The van der Waals surface area contributed by atoms with Crippen LogP contribution in [0.3, 0.4) is 0 Å². The third-order valence-electron chi connectivity index (χ3n) is 3.52. The summed E-state index contributed by atoms with van der Waals surface area (Å²) < 4.78 is 5.28. The first kappa shape index (κ1) is 13.6. The number of hydrogen-bond acceptors (Lipinski definition) is 4. The van der Waals surface area contributed by atoms with Crippen LogP contribution in [-0.4, -0.2) is 42.1 Å². The van der Waals surface area contributed by atoms with Gasteiger partial charge in [-0.3, -0.25) is 4.79 Å². The Kier molecular flexibility index (Phi) is 3.83. The third kappa shape index (κ3) is 3.03. The SMILES string of the molecule is Nc1cc(-c2cccc(C(=O)N3CCOCC3)c2)ccn1. The molecule has 1 aliphatic heterocycles. The number of pyridine rings is 1. The van der Waals surface area contributed by atoms with Crippen molar-refractivity contribution in [2.75, 3.05) is 32.0 Å². The second kappa shape index (κ2) is 5.93. The lowest BCUT2D eigenvalue weighted by atomic mass is 10.0. The van der Waals surface area contributed by atoms with Crippen molar-refractivity contribution in [3.63, 3.8) is 0 Å². The molecule has 1 amide bonds. The van der Waals surface area contributed by atoms with E-state index in [0.29, 0.717) is 37.7 Å². The number of carbonyl (C=O) groups excluding carboxylic acids is 1. The van der Waals surface area contributed by atoms with E-state index in [4.69, 9.17) is 10.5 Å². The van der Waals surface area contributed by atoms with Crippen molar-refractivity contribution < 1.29 is 9.53 Å². The van der Waals surface area contributed by atoms with E-state index in [1.54, 1.807) is 12.3 Å². The molecule has 5 heteroatoms. The first-order valence-electron chi connectivity index (χ1n) is 6.93. The molecule has 2 N–H and O–H groups in total. The van der Waals surface area contributed by atoms with Crippen molar-refractivity contribution in [3.8, 4) is 11.1 Å². The second-order valence-corrected chi connectivity index (χ2v) is 4.95. The highest BCUT2D eigenvalue weighted by molar-refractivity contribution is 5.95. The molecule has 0 spiro atoms. The number of ether oxygens (including phenoxy) is 1. The lowest BCUT2D eigenvalue weighted by Crippen LogP contribution is -2.40. The molecule has 0 bridgehead atoms. The molecule has 0 radical (unpaired) electrons. The maximum absolute atomic E-state index is 12.5. The van der Waals surface area contributed by atoms with Crippen LogP contribution in [0.15, 0.2) is 42.6 Å². The zero-order valence-corrected chi connectivity index (χ0v) is 11.7. The summed E-state index contributed by atoms with van der Waals surface area (Å²) in [5, 5.41) is 0. The van der Waals surface area contributed by atoms with Crippen molar-refractivity contribution in [2.45, 2.75) is 0 Å². The van der Waals surface area contributed by atoms with Gasteiger partial charge in [0, 0.05) is 24.8 Å². The number of anilines is 1. The maximum atomic E-state index is 12.5. The van der Waals surface area contributed by atoms with Gasteiger partial charge in [0.25, 0.3) is 5.91 Å². The van der Waals surface area contributed by atoms with Gasteiger partial charge in [-0.05, 0) is 35.4 Å². The minimum atomic E-state index is 0.0437. The van der Waals surface area contributed by atoms with Gasteiger partial charge in [0.1, 0.15) is 5.82 Å². The van der Waals surface area contributed by atoms with Gasteiger partial charge in [0.15, 0.2) is 0 Å². The number of nitrogens with two attached hydrogens (primary N) is 1. The monoisotopic (exact) mass is 283 g/mol. The van der Waals surface area contributed by atoms with Gasteiger partial charge in [-0.2, -0.15) is 0 Å². The summed E-state index contributed by atoms with van der Waals surface area (Å²) in [6.07, 6.45) is 1.67. The average Bonchev–Trinajstić information content (AvgIpc) is 2.55. The largest absolute Gasteiger partial charge is 0.384 e. The number of carbonyl (C=O) groups is 1. The summed E-state index contributed by atoms with van der Waals surface area (Å²) in [4.78, 5) is 18.3. The average molecular weight is 283 g/mol. The fourth-order valence-electron chi connectivity index (χ4n) is 2.41. The molecule has 3 rings (SSSR count). The van der Waals surface area contributed by atoms with E-state index in [9.17, 15) is 4.79 Å². The van der Waals surface area contributed by atoms with Crippen LogP contribution in [0.25, 0.3) is 11.1 Å². The highest BCUT2D eigenvalue weighted by Gasteiger charge is 2.18. The van der Waals surface area contributed by atoms with E-state index < -0.39 is 0 Å². The van der Waals surface area contributed by atoms with Gasteiger partial charge in [-0.1, -0.05) is 12.1 Å². The lowest BCUT2D eigenvalue weighted by molar-refractivity contribution is 0.0303. The normalized spacial score (nSPS) is 15.0. The van der Waals surface area contributed by atoms with Crippen molar-refractivity contribution >= 4 is 11.7 Å². The number of nitrogens with zero attached hydrogens (tertiary/aromatic N) is 2. The molecule has 0 atom stereocenters. The van der Waals surface area contributed by atoms with Crippen molar-refractivity contribution in [2.24, 2.45) is 0 Å². The lowest BCUT2D eigenvalue weighted by Gasteiger charge is -2.27. The summed E-state index contributed by atoms with van der Waals surface area (Å²) in [6.45, 7) is 2.50. The van der Waals surface area contributed by atoms with E-state index in [1.165, 1.54) is 0 Å². The van der Waals surface area contributed by atoms with Crippen LogP contribution in [-0.2, 0) is 4.74 Å². The molecule has 1 aliphatic rings. The van der Waals surface area contributed by atoms with Gasteiger partial charge >= 0.3 is 0 Å². The summed E-state index contributed by atoms with van der Waals surface area (Å²) in [6, 6.07) is 11.3. The molecule has 0 aliphatic carbocycles. The molecule has 1 aromatic carbocycles. The van der Waals surface area contributed by atoms with Crippen LogP contribution < -0.4 is 5.73 Å². The Morgan fingerprint density at radius 1 is 1.14 bits per heavy atom. The van der Waals surface area contributed by atoms with E-state index in [-0.39, 0.29) is 5.91 Å². The maximum Gasteiger partial charge on any atom is 0.254 e. The molecule has 1 aromatic heterocycles. The standard InChI is InChI=1S/C16H17N3O2/c17-15-11-13(4-5-18-15)12-2-1-3-14(10-12)16(20)19-6-8-21-9-7-19/h1-5,10-11H,6-9H2,(H2,17,18). The topological polar surface area (TPSA) is 68.5 Å². The Balaban J connectivity index is 1.87. The van der Waals surface area contributed by atoms with Gasteiger partial charge in [-0.25, -0.2) is 4.98 Å². The number of morpholine rings is 1. The molecular weight excluding hydrogens is 266 g/mol. The zero-order chi connectivity index (χ0) is 14.7. The molecule has 2 aromatic rings. The van der Waals surface area contributed by atoms with Gasteiger partial charge in [0.2, 0.25) is 0 Å². The van der Waals surface area contributed by atoms with Crippen LogP contribution in [0.5, 0.6) is 0 Å². The zero-order valence-electron chi connectivity index (χ0n) is 11.7. The minimum Gasteiger partial charge on any atom is -0.384 e. The second-order valence-electron chi connectivity index (χ2n) is 4.95. The fourth-order valence-corrected chi connectivity index (χ4v) is 2.41. The van der Waals surface area contributed by atoms with Crippen LogP contribution >= 0.6 is 0 Å². The molecule has 21 heavy (non-hydrogen) atoms. The molecule has 1 fully saturated rings. The van der Waals surface area contributed by atoms with E-state index >= 15 is 0 Å². The Labute approximate surface area is 123 Å². The van der Waals surface area contributed by atoms with E-state index in [1.807, 2.05) is 35.2 Å². The number of nitrogen functional groups attached to an aromatic ring is 1. The fraction of sp³-hybridized carbons (Fsp3) is 0.250. The number of benzene rings is 1. The number of hydrogen-bond donors (Lipinski definition) is 1. The Hall–Kier alpha value is -2.40. The van der Waals surface area contributed by atoms with Crippen molar-refractivity contribution in [3.05, 3.63) is 48.2 Å². The highest BCUT2D eigenvalue weighted by atomic mass is 16.5. The van der Waals surface area contributed by atoms with E-state index in [0.717, 1.165) is 11.1 Å². The number of amides is 1. The smallest absolute Gasteiger partial charge is 0.254 e. The molecule has 2 heterocycles. The Bertz CT molecular complexity index is 651. The summed E-state index contributed by atoms with van der Waals surface area (Å²) in [7, 11) is 0. The third-order valence-corrected chi connectivity index (χ3v) is 3.52. The van der Waals surface area contributed by atoms with E-state index in [2.05, 4.69) is 4.98 Å². The van der Waals surface area contributed by atoms with Gasteiger partial charge in [0.05, 0.1) is 13.2 Å². The highest BCUT2D eigenvalue weighted by Crippen LogP contribution is 2.22. The molecule has 1 saturated heterocycles. The molecule has 0 unspecified atom stereocenters. The van der Waals surface area contributed by atoms with Gasteiger partial charge < -0.3 is 15.4 Å². The van der Waals surface area contributed by atoms with Crippen LogP contribution in [0.2, 0.25) is 0 Å². The molecule has 0 saturated carbocycles. The number of aromatic nitrogens is 1. The predicted octanol–water partition coefficient (Wildman–Crippen LogP) is 1.80. The summed E-state index contributed by atoms with van der Waals surface area (Å²) in [5.74, 6) is 0.514. The first-order chi connectivity index (χ1) is 10.2. The molecular formula is C16H17N3O2. The molecule has 108 valence electrons. The van der Waals surface area contributed by atoms with Crippen LogP contribution in [0.1, 0.15) is 10.4 Å². The summed E-state index contributed by atoms with van der Waals surface area (Å²) in [5.41, 5.74) is 8.31. The van der Waals surface area contributed by atoms with Crippen molar-refractivity contribution in [1.82, 2.24) is 9.88 Å². The summed E-state index contributed by atoms with van der Waals surface area (Å²) >= 11 is 0. The Morgan fingerprint density at radius 2 is 1.90 bits per heavy atom. The van der Waals surface area contributed by atoms with Crippen LogP contribution in [0.4, 0.5) is 5.82 Å². The predicted molar refractivity (Wildman–Crippen MR) is 80.8 cm³/mol.